The second-order valence-electron chi connectivity index (χ2n) is 6.85. The third kappa shape index (κ3) is 4.83. The SMILES string of the molecule is ClC(Cl)C(=Nc1ccccc1)N=P(c1ccccc1)(c1ccccc1)c1ccccc1. The third-order valence-electron chi connectivity index (χ3n) is 4.84. The average molecular weight is 463 g/mol. The van der Waals surface area contributed by atoms with Crippen LogP contribution in [0.15, 0.2) is 131 Å². The molecule has 0 radical (unpaired) electrons. The van der Waals surface area contributed by atoms with Gasteiger partial charge in [0.2, 0.25) is 0 Å². The second kappa shape index (κ2) is 10.1. The summed E-state index contributed by atoms with van der Waals surface area (Å²) in [5.74, 6) is 0.402. The van der Waals surface area contributed by atoms with Crippen LogP contribution in [0.2, 0.25) is 0 Å². The quantitative estimate of drug-likeness (QED) is 0.136. The molecule has 0 aliphatic carbocycles. The van der Waals surface area contributed by atoms with Crippen molar-refractivity contribution >= 4 is 57.7 Å². The minimum atomic E-state index is -2.47. The van der Waals surface area contributed by atoms with E-state index in [4.69, 9.17) is 32.9 Å². The van der Waals surface area contributed by atoms with Crippen molar-refractivity contribution in [2.75, 3.05) is 0 Å². The summed E-state index contributed by atoms with van der Waals surface area (Å²) < 4.78 is 5.31. The van der Waals surface area contributed by atoms with E-state index in [-0.39, 0.29) is 0 Å². The Hall–Kier alpha value is -2.64. The van der Waals surface area contributed by atoms with E-state index in [0.29, 0.717) is 5.84 Å². The van der Waals surface area contributed by atoms with Crippen molar-refractivity contribution in [1.82, 2.24) is 0 Å². The maximum atomic E-state index is 6.42. The van der Waals surface area contributed by atoms with Gasteiger partial charge in [-0.15, -0.1) is 0 Å². The average Bonchev–Trinajstić information content (AvgIpc) is 2.84. The molecule has 0 aliphatic rings. The zero-order valence-corrected chi connectivity index (χ0v) is 19.1. The highest BCUT2D eigenvalue weighted by atomic mass is 35.5. The lowest BCUT2D eigenvalue weighted by molar-refractivity contribution is 1.43. The highest BCUT2D eigenvalue weighted by Gasteiger charge is 2.29. The molecule has 5 heteroatoms. The van der Waals surface area contributed by atoms with Gasteiger partial charge >= 0.3 is 0 Å². The first kappa shape index (κ1) is 21.6. The molecule has 0 aliphatic heterocycles. The highest BCUT2D eigenvalue weighted by Crippen LogP contribution is 2.47. The Labute approximate surface area is 193 Å². The molecule has 0 aromatic heterocycles. The number of halogens is 2. The van der Waals surface area contributed by atoms with Gasteiger partial charge in [0.05, 0.1) is 12.7 Å². The van der Waals surface area contributed by atoms with Crippen LogP contribution < -0.4 is 15.9 Å². The van der Waals surface area contributed by atoms with E-state index in [1.165, 1.54) is 0 Å². The summed E-state index contributed by atoms with van der Waals surface area (Å²) in [6.07, 6.45) is 0. The van der Waals surface area contributed by atoms with Crippen LogP contribution in [0.3, 0.4) is 0 Å². The van der Waals surface area contributed by atoms with Crippen molar-refractivity contribution in [3.63, 3.8) is 0 Å². The van der Waals surface area contributed by atoms with Gasteiger partial charge in [-0.1, -0.05) is 132 Å². The van der Waals surface area contributed by atoms with Gasteiger partial charge in [0.15, 0.2) is 10.7 Å². The zero-order chi connectivity index (χ0) is 21.5. The van der Waals surface area contributed by atoms with Crippen LogP contribution in [-0.4, -0.2) is 10.7 Å². The summed E-state index contributed by atoms with van der Waals surface area (Å²) in [5, 5.41) is 3.34. The van der Waals surface area contributed by atoms with Gasteiger partial charge in [-0.05, 0) is 12.1 Å². The summed E-state index contributed by atoms with van der Waals surface area (Å²) in [6, 6.07) is 40.6. The molecule has 0 fully saturated rings. The van der Waals surface area contributed by atoms with Crippen LogP contribution in [0.4, 0.5) is 5.69 Å². The van der Waals surface area contributed by atoms with Gasteiger partial charge < -0.3 is 0 Å². The highest BCUT2D eigenvalue weighted by molar-refractivity contribution is 7.87. The summed E-state index contributed by atoms with van der Waals surface area (Å²) in [7, 11) is -2.47. The fourth-order valence-electron chi connectivity index (χ4n) is 3.45. The van der Waals surface area contributed by atoms with Crippen molar-refractivity contribution in [2.45, 2.75) is 4.84 Å². The fraction of sp³-hybridized carbons (Fsp3) is 0.0385. The number of rotatable bonds is 5. The molecule has 31 heavy (non-hydrogen) atoms. The minimum Gasteiger partial charge on any atom is -0.236 e. The van der Waals surface area contributed by atoms with Crippen LogP contribution in [0.5, 0.6) is 0 Å². The van der Waals surface area contributed by atoms with Crippen LogP contribution >= 0.6 is 30.3 Å². The Bertz CT molecular complexity index is 1090. The zero-order valence-electron chi connectivity index (χ0n) is 16.7. The standard InChI is InChI=1S/C26H21Cl2N2P/c27-25(28)26(29-21-13-5-1-6-14-21)30-31(22-15-7-2-8-16-22,23-17-9-3-10-18-23)24-19-11-4-12-20-24/h1-20,25H. The Morgan fingerprint density at radius 1 is 0.548 bits per heavy atom. The normalized spacial score (nSPS) is 12.0. The molecule has 0 spiro atoms. The first-order valence-electron chi connectivity index (χ1n) is 9.91. The van der Waals surface area contributed by atoms with Crippen LogP contribution in [0.25, 0.3) is 0 Å². The summed E-state index contributed by atoms with van der Waals surface area (Å²) in [6.45, 7) is 0. The Morgan fingerprint density at radius 3 is 1.26 bits per heavy atom. The lowest BCUT2D eigenvalue weighted by atomic mass is 10.3. The molecule has 2 nitrogen and oxygen atoms in total. The lowest BCUT2D eigenvalue weighted by Crippen LogP contribution is -2.26. The molecule has 0 saturated heterocycles. The number of hydrogen-bond donors (Lipinski definition) is 0. The van der Waals surface area contributed by atoms with E-state index in [9.17, 15) is 0 Å². The number of benzene rings is 4. The minimum absolute atomic E-state index is 0.402. The van der Waals surface area contributed by atoms with Gasteiger partial charge in [-0.3, -0.25) is 0 Å². The number of aliphatic imine (C=N–C) groups is 1. The number of nitrogens with zero attached hydrogens (tertiary/aromatic N) is 2. The fourth-order valence-corrected chi connectivity index (χ4v) is 7.31. The molecule has 0 unspecified atom stereocenters. The van der Waals surface area contributed by atoms with Gasteiger partial charge in [0.25, 0.3) is 0 Å². The number of para-hydroxylation sites is 1. The van der Waals surface area contributed by atoms with E-state index in [0.717, 1.165) is 21.6 Å². The predicted octanol–water partition coefficient (Wildman–Crippen LogP) is 6.70. The second-order valence-corrected chi connectivity index (χ2v) is 11.0. The van der Waals surface area contributed by atoms with E-state index >= 15 is 0 Å². The Kier molecular flexibility index (Phi) is 7.04. The van der Waals surface area contributed by atoms with Gasteiger partial charge in [-0.25, -0.2) is 9.74 Å². The smallest absolute Gasteiger partial charge is 0.167 e. The van der Waals surface area contributed by atoms with Crippen molar-refractivity contribution < 1.29 is 0 Å². The molecule has 0 atom stereocenters. The van der Waals surface area contributed by atoms with E-state index in [1.54, 1.807) is 0 Å². The molecule has 0 heterocycles. The molecular formula is C26H21Cl2N2P. The molecule has 4 aromatic rings. The first-order chi connectivity index (χ1) is 15.2. The van der Waals surface area contributed by atoms with Crippen molar-refractivity contribution in [2.24, 2.45) is 9.74 Å². The summed E-state index contributed by atoms with van der Waals surface area (Å²) >= 11 is 12.8. The largest absolute Gasteiger partial charge is 0.236 e. The van der Waals surface area contributed by atoms with Crippen molar-refractivity contribution in [3.8, 4) is 0 Å². The molecule has 0 N–H and O–H groups in total. The van der Waals surface area contributed by atoms with E-state index < -0.39 is 11.9 Å². The Balaban J connectivity index is 2.10. The van der Waals surface area contributed by atoms with Crippen molar-refractivity contribution in [1.29, 1.82) is 0 Å². The number of alkyl halides is 2. The monoisotopic (exact) mass is 462 g/mol. The number of hydrogen-bond acceptors (Lipinski definition) is 1. The molecule has 0 amide bonds. The molecule has 0 bridgehead atoms. The summed E-state index contributed by atoms with van der Waals surface area (Å²) in [5.41, 5.74) is 0.764. The molecule has 154 valence electrons. The molecule has 4 aromatic carbocycles. The van der Waals surface area contributed by atoms with Gasteiger partial charge in [0.1, 0.15) is 0 Å². The maximum Gasteiger partial charge on any atom is 0.167 e. The molecule has 4 rings (SSSR count). The Morgan fingerprint density at radius 2 is 0.903 bits per heavy atom. The maximum absolute atomic E-state index is 6.42. The van der Waals surface area contributed by atoms with Crippen LogP contribution in [0, 0.1) is 0 Å². The molecular weight excluding hydrogens is 442 g/mol. The van der Waals surface area contributed by atoms with E-state index in [1.807, 2.05) is 84.9 Å². The van der Waals surface area contributed by atoms with Gasteiger partial charge in [-0.2, -0.15) is 0 Å². The topological polar surface area (TPSA) is 24.7 Å². The number of amidine groups is 1. The third-order valence-corrected chi connectivity index (χ3v) is 8.87. The van der Waals surface area contributed by atoms with Gasteiger partial charge in [0, 0.05) is 15.9 Å². The first-order valence-corrected chi connectivity index (χ1v) is 12.5. The van der Waals surface area contributed by atoms with Crippen LogP contribution in [0.1, 0.15) is 0 Å². The van der Waals surface area contributed by atoms with Crippen LogP contribution in [-0.2, 0) is 0 Å². The predicted molar refractivity (Wildman–Crippen MR) is 137 cm³/mol. The summed E-state index contributed by atoms with van der Waals surface area (Å²) in [4.78, 5) is 3.87. The van der Waals surface area contributed by atoms with E-state index in [2.05, 4.69) is 36.4 Å². The molecule has 0 saturated carbocycles. The lowest BCUT2D eigenvalue weighted by Gasteiger charge is -2.27. The van der Waals surface area contributed by atoms with Crippen molar-refractivity contribution in [3.05, 3.63) is 121 Å².